The fourth-order valence-electron chi connectivity index (χ4n) is 0.379. The summed E-state index contributed by atoms with van der Waals surface area (Å²) in [4.78, 5) is 10.1. The fraction of sp³-hybridized carbons (Fsp3) is 0.375. The van der Waals surface area contributed by atoms with Crippen molar-refractivity contribution < 1.29 is 4.79 Å². The molecule has 0 heterocycles. The number of rotatable bonds is 3. The smallest absolute Gasteiger partial charge is 0.145 e. The number of hydrogen-bond acceptors (Lipinski definition) is 1. The molecule has 0 aliphatic rings. The van der Waals surface area contributed by atoms with E-state index < -0.39 is 0 Å². The lowest BCUT2D eigenvalue weighted by Gasteiger charge is -1.86. The first-order valence-electron chi connectivity index (χ1n) is 3.18. The molecule has 0 atom stereocenters. The van der Waals surface area contributed by atoms with Crippen molar-refractivity contribution in [2.75, 3.05) is 0 Å². The molecule has 56 valence electrons. The largest absolute Gasteiger partial charge is 0.298 e. The molecule has 0 aromatic carbocycles. The van der Waals surface area contributed by atoms with E-state index in [2.05, 4.69) is 0 Å². The highest BCUT2D eigenvalue weighted by Gasteiger charge is 1.83. The zero-order valence-electron chi connectivity index (χ0n) is 6.23. The Labute approximate surface area is 66.4 Å². The van der Waals surface area contributed by atoms with Crippen molar-refractivity contribution >= 4 is 17.9 Å². The summed E-state index contributed by atoms with van der Waals surface area (Å²) >= 11 is 5.67. The second-order valence-electron chi connectivity index (χ2n) is 2.00. The Morgan fingerprint density at radius 3 is 2.50 bits per heavy atom. The molecule has 0 unspecified atom stereocenters. The van der Waals surface area contributed by atoms with E-state index in [9.17, 15) is 4.79 Å². The van der Waals surface area contributed by atoms with E-state index >= 15 is 0 Å². The maximum absolute atomic E-state index is 10.1. The zero-order chi connectivity index (χ0) is 7.98. The zero-order valence-corrected chi connectivity index (χ0v) is 6.98. The van der Waals surface area contributed by atoms with Crippen LogP contribution in [0.1, 0.15) is 20.3 Å². The number of hydrogen-bond donors (Lipinski definition) is 0. The lowest BCUT2D eigenvalue weighted by molar-refractivity contribution is -0.104. The Kier molecular flexibility index (Phi) is 4.95. The maximum Gasteiger partial charge on any atom is 0.145 e. The number of carbonyl (C=O) groups is 1. The minimum Gasteiger partial charge on any atom is -0.298 e. The predicted octanol–water partition coefficient (Wildman–Crippen LogP) is 2.66. The summed E-state index contributed by atoms with van der Waals surface area (Å²) in [5, 5.41) is 0.765. The maximum atomic E-state index is 10.1. The molecule has 0 N–H and O–H groups in total. The molecule has 0 amide bonds. The quantitative estimate of drug-likeness (QED) is 0.351. The molecule has 0 aliphatic heterocycles. The van der Waals surface area contributed by atoms with E-state index in [1.807, 2.05) is 6.92 Å². The summed E-state index contributed by atoms with van der Waals surface area (Å²) in [5.41, 5.74) is 0.687. The molecular weight excluding hydrogens is 148 g/mol. The molecule has 0 spiro atoms. The molecule has 0 rings (SSSR count). The van der Waals surface area contributed by atoms with Crippen LogP contribution in [0, 0.1) is 0 Å². The van der Waals surface area contributed by atoms with Gasteiger partial charge in [-0.3, -0.25) is 4.79 Å². The second-order valence-corrected chi connectivity index (χ2v) is 2.48. The topological polar surface area (TPSA) is 17.1 Å². The first-order valence-corrected chi connectivity index (χ1v) is 3.56. The van der Waals surface area contributed by atoms with Crippen LogP contribution in [-0.2, 0) is 4.79 Å². The van der Waals surface area contributed by atoms with Crippen LogP contribution in [0.25, 0.3) is 0 Å². The van der Waals surface area contributed by atoms with Gasteiger partial charge in [0.2, 0.25) is 0 Å². The summed E-state index contributed by atoms with van der Waals surface area (Å²) in [6.07, 6.45) is 5.06. The van der Waals surface area contributed by atoms with Gasteiger partial charge in [0.05, 0.1) is 0 Å². The van der Waals surface area contributed by atoms with E-state index in [4.69, 9.17) is 11.6 Å². The summed E-state index contributed by atoms with van der Waals surface area (Å²) in [6.45, 7) is 3.70. The van der Waals surface area contributed by atoms with E-state index in [1.54, 1.807) is 19.1 Å². The predicted molar refractivity (Wildman–Crippen MR) is 44.0 cm³/mol. The minimum absolute atomic E-state index is 0.687. The highest BCUT2D eigenvalue weighted by Crippen LogP contribution is 2.05. The van der Waals surface area contributed by atoms with Crippen molar-refractivity contribution in [1.82, 2.24) is 0 Å². The monoisotopic (exact) mass is 158 g/mol. The Bertz CT molecular complexity index is 168. The van der Waals surface area contributed by atoms with Crippen molar-refractivity contribution in [3.63, 3.8) is 0 Å². The Hall–Kier alpha value is -0.560. The molecule has 0 saturated carbocycles. The Balaban J connectivity index is 4.03. The lowest BCUT2D eigenvalue weighted by Crippen LogP contribution is -1.73. The standard InChI is InChI=1S/C8H11ClO/c1-3-8(9)5-4-7(2)6-10/h4-6H,3H2,1-2H3/b7-4+,8-5+. The van der Waals surface area contributed by atoms with Crippen molar-refractivity contribution in [2.45, 2.75) is 20.3 Å². The lowest BCUT2D eigenvalue weighted by atomic mass is 10.3. The van der Waals surface area contributed by atoms with Crippen LogP contribution < -0.4 is 0 Å². The fourth-order valence-corrected chi connectivity index (χ4v) is 0.442. The van der Waals surface area contributed by atoms with E-state index in [0.717, 1.165) is 17.7 Å². The molecule has 0 bridgehead atoms. The first-order chi connectivity index (χ1) is 4.70. The van der Waals surface area contributed by atoms with Gasteiger partial charge in [-0.1, -0.05) is 24.6 Å². The Morgan fingerprint density at radius 1 is 1.50 bits per heavy atom. The third-order valence-corrected chi connectivity index (χ3v) is 1.44. The number of aldehydes is 1. The first kappa shape index (κ1) is 9.44. The summed E-state index contributed by atoms with van der Waals surface area (Å²) < 4.78 is 0. The van der Waals surface area contributed by atoms with Gasteiger partial charge in [-0.25, -0.2) is 0 Å². The third kappa shape index (κ3) is 4.33. The molecule has 0 aromatic heterocycles. The van der Waals surface area contributed by atoms with Crippen LogP contribution in [0.2, 0.25) is 0 Å². The van der Waals surface area contributed by atoms with Gasteiger partial charge in [0, 0.05) is 5.03 Å². The molecule has 0 fully saturated rings. The van der Waals surface area contributed by atoms with Gasteiger partial charge in [0.15, 0.2) is 0 Å². The van der Waals surface area contributed by atoms with Crippen molar-refractivity contribution in [1.29, 1.82) is 0 Å². The summed E-state index contributed by atoms with van der Waals surface area (Å²) in [6, 6.07) is 0. The van der Waals surface area contributed by atoms with E-state index in [1.165, 1.54) is 0 Å². The highest BCUT2D eigenvalue weighted by atomic mass is 35.5. The van der Waals surface area contributed by atoms with Crippen molar-refractivity contribution in [3.8, 4) is 0 Å². The molecule has 0 saturated heterocycles. The van der Waals surface area contributed by atoms with Gasteiger partial charge in [-0.15, -0.1) is 0 Å². The van der Waals surface area contributed by atoms with E-state index in [0.29, 0.717) is 5.57 Å². The van der Waals surface area contributed by atoms with E-state index in [-0.39, 0.29) is 0 Å². The summed E-state index contributed by atoms with van der Waals surface area (Å²) in [7, 11) is 0. The molecule has 0 aromatic rings. The number of halogens is 1. The third-order valence-electron chi connectivity index (χ3n) is 1.05. The van der Waals surface area contributed by atoms with Crippen LogP contribution in [0.3, 0.4) is 0 Å². The number of carbonyl (C=O) groups excluding carboxylic acids is 1. The van der Waals surface area contributed by atoms with Crippen LogP contribution in [0.5, 0.6) is 0 Å². The van der Waals surface area contributed by atoms with Gasteiger partial charge < -0.3 is 0 Å². The molecule has 2 heteroatoms. The van der Waals surface area contributed by atoms with Crippen molar-refractivity contribution in [3.05, 3.63) is 22.8 Å². The average molecular weight is 159 g/mol. The Morgan fingerprint density at radius 2 is 2.10 bits per heavy atom. The van der Waals surface area contributed by atoms with Gasteiger partial charge in [-0.05, 0) is 25.0 Å². The average Bonchev–Trinajstić information content (AvgIpc) is 1.99. The molecular formula is C8H11ClO. The van der Waals surface area contributed by atoms with Crippen LogP contribution >= 0.6 is 11.6 Å². The minimum atomic E-state index is 0.687. The highest BCUT2D eigenvalue weighted by molar-refractivity contribution is 6.29. The SMILES string of the molecule is CC/C(Cl)=C\C=C(/C)C=O. The molecule has 0 aliphatic carbocycles. The van der Waals surface area contributed by atoms with Gasteiger partial charge in [0.25, 0.3) is 0 Å². The molecule has 1 nitrogen and oxygen atoms in total. The van der Waals surface area contributed by atoms with Crippen molar-refractivity contribution in [2.24, 2.45) is 0 Å². The van der Waals surface area contributed by atoms with Gasteiger partial charge in [0.1, 0.15) is 6.29 Å². The molecule has 10 heavy (non-hydrogen) atoms. The van der Waals surface area contributed by atoms with Crippen LogP contribution in [0.4, 0.5) is 0 Å². The number of allylic oxidation sites excluding steroid dienone is 4. The second kappa shape index (κ2) is 5.24. The normalized spacial score (nSPS) is 13.5. The van der Waals surface area contributed by atoms with Crippen LogP contribution in [-0.4, -0.2) is 6.29 Å². The van der Waals surface area contributed by atoms with Crippen LogP contribution in [0.15, 0.2) is 22.8 Å². The van der Waals surface area contributed by atoms with Gasteiger partial charge >= 0.3 is 0 Å². The van der Waals surface area contributed by atoms with Gasteiger partial charge in [-0.2, -0.15) is 0 Å². The molecule has 0 radical (unpaired) electrons. The summed E-state index contributed by atoms with van der Waals surface area (Å²) in [5.74, 6) is 0.